The number of nitrogens with zero attached hydrogens (tertiary/aromatic N) is 3. The second-order valence-electron chi connectivity index (χ2n) is 6.44. The van der Waals surface area contributed by atoms with Crippen LogP contribution < -0.4 is 10.5 Å². The molecule has 1 unspecified atom stereocenters. The number of piperidine rings is 1. The summed E-state index contributed by atoms with van der Waals surface area (Å²) in [5.41, 5.74) is 6.52. The summed E-state index contributed by atoms with van der Waals surface area (Å²) in [5.74, 6) is 0.475. The molecule has 0 amide bonds. The SMILES string of the molecule is N#Cc1cc(C(N)=NC=N)ccc1O[C@H]1CCN(C2CCOC2)C[C@H]1F. The first-order valence-electron chi connectivity index (χ1n) is 8.61. The molecule has 2 heterocycles. The topological polar surface area (TPSA) is 108 Å². The highest BCUT2D eigenvalue weighted by Crippen LogP contribution is 2.27. The summed E-state index contributed by atoms with van der Waals surface area (Å²) in [6.45, 7) is 2.47. The maximum absolute atomic E-state index is 14.6. The van der Waals surface area contributed by atoms with Crippen molar-refractivity contribution in [3.8, 4) is 11.8 Å². The monoisotopic (exact) mass is 359 g/mol. The third kappa shape index (κ3) is 4.00. The number of nitrogens with one attached hydrogen (secondary N) is 1. The van der Waals surface area contributed by atoms with Crippen LogP contribution in [0, 0.1) is 16.7 Å². The van der Waals surface area contributed by atoms with Gasteiger partial charge in [0, 0.05) is 31.3 Å². The van der Waals surface area contributed by atoms with Crippen molar-refractivity contribution in [1.29, 1.82) is 10.7 Å². The average molecular weight is 359 g/mol. The molecule has 7 nitrogen and oxygen atoms in total. The quantitative estimate of drug-likeness (QED) is 0.611. The van der Waals surface area contributed by atoms with Gasteiger partial charge in [-0.15, -0.1) is 0 Å². The van der Waals surface area contributed by atoms with Crippen molar-refractivity contribution in [3.63, 3.8) is 0 Å². The summed E-state index contributed by atoms with van der Waals surface area (Å²) in [6, 6.07) is 7.13. The Morgan fingerprint density at radius 1 is 1.50 bits per heavy atom. The predicted octanol–water partition coefficient (Wildman–Crippen LogP) is 1.45. The van der Waals surface area contributed by atoms with Gasteiger partial charge in [-0.25, -0.2) is 9.38 Å². The van der Waals surface area contributed by atoms with E-state index in [4.69, 9.17) is 20.6 Å². The molecule has 2 fully saturated rings. The number of hydrogen-bond acceptors (Lipinski definition) is 5. The number of halogens is 1. The molecule has 1 aromatic carbocycles. The summed E-state index contributed by atoms with van der Waals surface area (Å²) in [6.07, 6.45) is 0.626. The molecule has 3 N–H and O–H groups in total. The van der Waals surface area contributed by atoms with Crippen molar-refractivity contribution >= 4 is 12.2 Å². The van der Waals surface area contributed by atoms with Crippen molar-refractivity contribution in [1.82, 2.24) is 4.90 Å². The summed E-state index contributed by atoms with van der Waals surface area (Å²) < 4.78 is 25.8. The zero-order chi connectivity index (χ0) is 18.5. The molecule has 2 saturated heterocycles. The fourth-order valence-electron chi connectivity index (χ4n) is 3.37. The molecule has 0 radical (unpaired) electrons. The van der Waals surface area contributed by atoms with E-state index >= 15 is 0 Å². The van der Waals surface area contributed by atoms with E-state index in [-0.39, 0.29) is 11.4 Å². The van der Waals surface area contributed by atoms with Crippen LogP contribution >= 0.6 is 0 Å². The fourth-order valence-corrected chi connectivity index (χ4v) is 3.37. The molecule has 0 spiro atoms. The zero-order valence-corrected chi connectivity index (χ0v) is 14.4. The van der Waals surface area contributed by atoms with Gasteiger partial charge < -0.3 is 15.2 Å². The molecular weight excluding hydrogens is 337 g/mol. The van der Waals surface area contributed by atoms with E-state index in [1.165, 1.54) is 6.07 Å². The van der Waals surface area contributed by atoms with Crippen LogP contribution in [0.25, 0.3) is 0 Å². The Hall–Kier alpha value is -2.50. The van der Waals surface area contributed by atoms with Crippen molar-refractivity contribution < 1.29 is 13.9 Å². The molecule has 2 aliphatic heterocycles. The first kappa shape index (κ1) is 18.3. The van der Waals surface area contributed by atoms with Crippen LogP contribution in [-0.2, 0) is 4.74 Å². The first-order valence-corrected chi connectivity index (χ1v) is 8.61. The van der Waals surface area contributed by atoms with Gasteiger partial charge in [-0.3, -0.25) is 10.3 Å². The molecule has 2 aliphatic rings. The van der Waals surface area contributed by atoms with Crippen LogP contribution in [0.4, 0.5) is 4.39 Å². The van der Waals surface area contributed by atoms with Gasteiger partial charge >= 0.3 is 0 Å². The van der Waals surface area contributed by atoms with E-state index in [0.717, 1.165) is 25.9 Å². The van der Waals surface area contributed by atoms with Crippen LogP contribution in [0.15, 0.2) is 23.2 Å². The van der Waals surface area contributed by atoms with Crippen molar-refractivity contribution in [2.75, 3.05) is 26.3 Å². The Kier molecular flexibility index (Phi) is 5.81. The molecule has 138 valence electrons. The number of benzene rings is 1. The number of hydrogen-bond donors (Lipinski definition) is 2. The Balaban J connectivity index is 1.68. The lowest BCUT2D eigenvalue weighted by Crippen LogP contribution is -2.51. The number of nitriles is 1. The number of amidine groups is 1. The average Bonchev–Trinajstić information content (AvgIpc) is 3.18. The Bertz CT molecular complexity index is 727. The lowest BCUT2D eigenvalue weighted by atomic mass is 10.0. The van der Waals surface area contributed by atoms with E-state index in [2.05, 4.69) is 9.89 Å². The van der Waals surface area contributed by atoms with Gasteiger partial charge in [-0.2, -0.15) is 5.26 Å². The first-order chi connectivity index (χ1) is 12.6. The number of aliphatic imine (C=N–C) groups is 1. The normalized spacial score (nSPS) is 27.1. The van der Waals surface area contributed by atoms with E-state index in [1.807, 2.05) is 6.07 Å². The third-order valence-corrected chi connectivity index (χ3v) is 4.81. The van der Waals surface area contributed by atoms with Gasteiger partial charge in [0.05, 0.1) is 12.2 Å². The minimum atomic E-state index is -1.12. The minimum Gasteiger partial charge on any atom is -0.486 e. The maximum Gasteiger partial charge on any atom is 0.149 e. The number of likely N-dealkylation sites (tertiary alicyclic amines) is 1. The number of rotatable bonds is 5. The Morgan fingerprint density at radius 2 is 2.35 bits per heavy atom. The number of ether oxygens (including phenoxy) is 2. The highest BCUT2D eigenvalue weighted by atomic mass is 19.1. The van der Waals surface area contributed by atoms with Crippen molar-refractivity contribution in [2.24, 2.45) is 10.7 Å². The van der Waals surface area contributed by atoms with Crippen LogP contribution in [0.1, 0.15) is 24.0 Å². The summed E-state index contributed by atoms with van der Waals surface area (Å²) in [7, 11) is 0. The third-order valence-electron chi connectivity index (χ3n) is 4.81. The highest BCUT2D eigenvalue weighted by molar-refractivity contribution is 6.01. The molecule has 0 bridgehead atoms. The molecule has 3 atom stereocenters. The van der Waals surface area contributed by atoms with Crippen molar-refractivity contribution in [2.45, 2.75) is 31.2 Å². The van der Waals surface area contributed by atoms with Crippen molar-refractivity contribution in [3.05, 3.63) is 29.3 Å². The second kappa shape index (κ2) is 8.25. The van der Waals surface area contributed by atoms with Gasteiger partial charge in [-0.05, 0) is 31.0 Å². The van der Waals surface area contributed by atoms with Crippen LogP contribution in [0.5, 0.6) is 5.75 Å². The van der Waals surface area contributed by atoms with Gasteiger partial charge in [0.15, 0.2) is 0 Å². The van der Waals surface area contributed by atoms with Gasteiger partial charge in [0.1, 0.15) is 36.3 Å². The van der Waals surface area contributed by atoms with Crippen LogP contribution in [-0.4, -0.2) is 61.7 Å². The highest BCUT2D eigenvalue weighted by Gasteiger charge is 2.35. The zero-order valence-electron chi connectivity index (χ0n) is 14.4. The molecule has 3 rings (SSSR count). The Morgan fingerprint density at radius 3 is 3.00 bits per heavy atom. The smallest absolute Gasteiger partial charge is 0.149 e. The lowest BCUT2D eigenvalue weighted by molar-refractivity contribution is 0.00359. The largest absolute Gasteiger partial charge is 0.486 e. The molecule has 0 aromatic heterocycles. The number of alkyl halides is 1. The maximum atomic E-state index is 14.6. The summed E-state index contributed by atoms with van der Waals surface area (Å²) in [4.78, 5) is 5.81. The predicted molar refractivity (Wildman–Crippen MR) is 95.4 cm³/mol. The molecule has 0 saturated carbocycles. The number of nitrogens with two attached hydrogens (primary N) is 1. The summed E-state index contributed by atoms with van der Waals surface area (Å²) >= 11 is 0. The molecule has 0 aliphatic carbocycles. The van der Waals surface area contributed by atoms with Gasteiger partial charge in [-0.1, -0.05) is 0 Å². The lowest BCUT2D eigenvalue weighted by Gasteiger charge is -2.37. The molecule has 8 heteroatoms. The van der Waals surface area contributed by atoms with Gasteiger partial charge in [0.2, 0.25) is 0 Å². The Labute approximate surface area is 151 Å². The minimum absolute atomic E-state index is 0.138. The van der Waals surface area contributed by atoms with Crippen LogP contribution in [0.2, 0.25) is 0 Å². The molecule has 1 aromatic rings. The van der Waals surface area contributed by atoms with E-state index < -0.39 is 12.3 Å². The van der Waals surface area contributed by atoms with E-state index in [1.54, 1.807) is 12.1 Å². The van der Waals surface area contributed by atoms with Gasteiger partial charge in [0.25, 0.3) is 0 Å². The van der Waals surface area contributed by atoms with E-state index in [9.17, 15) is 9.65 Å². The second-order valence-corrected chi connectivity index (χ2v) is 6.44. The summed E-state index contributed by atoms with van der Waals surface area (Å²) in [5, 5.41) is 16.3. The fraction of sp³-hybridized carbons (Fsp3) is 0.500. The van der Waals surface area contributed by atoms with Crippen LogP contribution in [0.3, 0.4) is 0 Å². The molecular formula is C18H22FN5O2. The molecule has 26 heavy (non-hydrogen) atoms. The van der Waals surface area contributed by atoms with E-state index in [0.29, 0.717) is 36.9 Å². The standard InChI is InChI=1S/C18H22FN5O2/c19-15-9-24(14-4-6-25-10-14)5-3-17(15)26-16-2-1-12(7-13(16)8-20)18(22)23-11-21/h1-2,7,11,14-15,17H,3-6,9-10H2,(H3,21,22,23)/t14?,15-,17+/m1/s1.